The highest BCUT2D eigenvalue weighted by Gasteiger charge is 2.17. The molecule has 0 saturated heterocycles. The van der Waals surface area contributed by atoms with Gasteiger partial charge >= 0.3 is 0 Å². The third kappa shape index (κ3) is 2.87. The number of nitrogens with one attached hydrogen (secondary N) is 2. The first-order valence-electron chi connectivity index (χ1n) is 9.04. The van der Waals surface area contributed by atoms with Crippen LogP contribution >= 0.6 is 0 Å². The fourth-order valence-electron chi connectivity index (χ4n) is 3.55. The molecule has 0 fully saturated rings. The Kier molecular flexibility index (Phi) is 3.94. The molecule has 2 heterocycles. The van der Waals surface area contributed by atoms with E-state index in [9.17, 15) is 9.18 Å². The van der Waals surface area contributed by atoms with Gasteiger partial charge in [-0.15, -0.1) is 0 Å². The number of oxazole rings is 1. The van der Waals surface area contributed by atoms with Crippen LogP contribution in [0.4, 0.5) is 10.4 Å². The summed E-state index contributed by atoms with van der Waals surface area (Å²) in [6.07, 6.45) is 1.54. The first-order chi connectivity index (χ1) is 14.1. The second-order valence-electron chi connectivity index (χ2n) is 6.68. The van der Waals surface area contributed by atoms with E-state index >= 15 is 0 Å². The summed E-state index contributed by atoms with van der Waals surface area (Å²) in [4.78, 5) is 19.7. The van der Waals surface area contributed by atoms with E-state index in [1.165, 1.54) is 12.1 Å². The van der Waals surface area contributed by atoms with Gasteiger partial charge in [0.25, 0.3) is 11.6 Å². The molecule has 0 aliphatic carbocycles. The molecule has 0 bridgehead atoms. The maximum atomic E-state index is 13.9. The van der Waals surface area contributed by atoms with Crippen LogP contribution in [0.1, 0.15) is 5.56 Å². The Hall–Kier alpha value is -3.87. The van der Waals surface area contributed by atoms with Gasteiger partial charge in [-0.25, -0.2) is 4.39 Å². The molecule has 0 atom stereocenters. The average molecular weight is 389 g/mol. The zero-order valence-electron chi connectivity index (χ0n) is 15.5. The molecule has 0 unspecified atom stereocenters. The third-order valence-electron chi connectivity index (χ3n) is 4.94. The van der Waals surface area contributed by atoms with Crippen molar-refractivity contribution in [3.8, 4) is 5.75 Å². The van der Waals surface area contributed by atoms with Crippen molar-refractivity contribution in [2.45, 2.75) is 6.54 Å². The van der Waals surface area contributed by atoms with E-state index in [0.29, 0.717) is 45.2 Å². The number of anilines is 1. The molecule has 0 aliphatic heterocycles. The monoisotopic (exact) mass is 389 g/mol. The number of fused-ring (bicyclic) bond motifs is 6. The Morgan fingerprint density at radius 2 is 1.93 bits per heavy atom. The van der Waals surface area contributed by atoms with Crippen molar-refractivity contribution < 1.29 is 13.5 Å². The molecule has 0 amide bonds. The molecule has 3 aromatic carbocycles. The highest BCUT2D eigenvalue weighted by Crippen LogP contribution is 2.35. The van der Waals surface area contributed by atoms with Gasteiger partial charge < -0.3 is 19.5 Å². The quantitative estimate of drug-likeness (QED) is 0.440. The topological polar surface area (TPSA) is 80.1 Å². The van der Waals surface area contributed by atoms with E-state index < -0.39 is 5.82 Å². The number of halogens is 1. The Labute approximate surface area is 163 Å². The molecular weight excluding hydrogens is 373 g/mol. The maximum absolute atomic E-state index is 13.9. The van der Waals surface area contributed by atoms with Crippen molar-refractivity contribution in [2.24, 2.45) is 0 Å². The lowest BCUT2D eigenvalue weighted by molar-refractivity contribution is 0.414. The Balaban J connectivity index is 1.64. The molecule has 0 radical (unpaired) electrons. The Morgan fingerprint density at radius 1 is 1.10 bits per heavy atom. The number of methoxy groups -OCH3 is 1. The van der Waals surface area contributed by atoms with Gasteiger partial charge in [-0.05, 0) is 42.0 Å². The first kappa shape index (κ1) is 17.2. The van der Waals surface area contributed by atoms with Gasteiger partial charge in [0.2, 0.25) is 0 Å². The van der Waals surface area contributed by atoms with Crippen LogP contribution in [0, 0.1) is 5.82 Å². The standard InChI is InChI=1S/C22H16FN3O3/c1-28-14-5-2-12(3-6-14)11-25-22-26-19-15-7-4-13(23)10-17(15)18-16(20(19)29-22)8-9-24-21(18)27/h2-10H,11H2,1H3,(H,24,27)(H,25,26). The minimum absolute atomic E-state index is 0.302. The van der Waals surface area contributed by atoms with Gasteiger partial charge in [-0.2, -0.15) is 4.98 Å². The van der Waals surface area contributed by atoms with E-state index in [-0.39, 0.29) is 5.56 Å². The van der Waals surface area contributed by atoms with Gasteiger partial charge in [0, 0.05) is 28.9 Å². The minimum atomic E-state index is -0.414. The molecule has 0 saturated carbocycles. The lowest BCUT2D eigenvalue weighted by Crippen LogP contribution is -2.05. The summed E-state index contributed by atoms with van der Waals surface area (Å²) >= 11 is 0. The van der Waals surface area contributed by atoms with Crippen molar-refractivity contribution in [3.63, 3.8) is 0 Å². The van der Waals surface area contributed by atoms with E-state index in [4.69, 9.17) is 9.15 Å². The van der Waals surface area contributed by atoms with Crippen LogP contribution < -0.4 is 15.6 Å². The van der Waals surface area contributed by atoms with Crippen LogP contribution in [-0.2, 0) is 6.54 Å². The van der Waals surface area contributed by atoms with Crippen molar-refractivity contribution >= 4 is 38.7 Å². The number of hydrogen-bond acceptors (Lipinski definition) is 5. The molecular formula is C22H16FN3O3. The molecule has 7 heteroatoms. The number of benzene rings is 3. The number of pyridine rings is 1. The number of H-pyrrole nitrogens is 1. The van der Waals surface area contributed by atoms with Crippen LogP contribution in [0.15, 0.2) is 63.9 Å². The second-order valence-corrected chi connectivity index (χ2v) is 6.68. The highest BCUT2D eigenvalue weighted by atomic mass is 19.1. The van der Waals surface area contributed by atoms with E-state index in [2.05, 4.69) is 15.3 Å². The number of hydrogen-bond donors (Lipinski definition) is 2. The van der Waals surface area contributed by atoms with Crippen LogP contribution in [-0.4, -0.2) is 17.1 Å². The zero-order chi connectivity index (χ0) is 20.0. The lowest BCUT2D eigenvalue weighted by atomic mass is 10.0. The summed E-state index contributed by atoms with van der Waals surface area (Å²) in [6.45, 7) is 0.502. The third-order valence-corrected chi connectivity index (χ3v) is 4.94. The van der Waals surface area contributed by atoms with Crippen molar-refractivity contribution in [2.75, 3.05) is 12.4 Å². The SMILES string of the molecule is COc1ccc(CNc2nc3c4ccc(F)cc4c4c(=O)[nH]ccc4c3o2)cc1. The Bertz CT molecular complexity index is 1420. The maximum Gasteiger partial charge on any atom is 0.295 e. The smallest absolute Gasteiger partial charge is 0.295 e. The molecule has 6 nitrogen and oxygen atoms in total. The van der Waals surface area contributed by atoms with Gasteiger partial charge in [0.15, 0.2) is 5.58 Å². The molecule has 144 valence electrons. The predicted molar refractivity (Wildman–Crippen MR) is 110 cm³/mol. The number of aromatic nitrogens is 2. The molecule has 29 heavy (non-hydrogen) atoms. The minimum Gasteiger partial charge on any atom is -0.497 e. The van der Waals surface area contributed by atoms with E-state index in [0.717, 1.165) is 11.3 Å². The molecule has 2 aromatic heterocycles. The fourth-order valence-corrected chi connectivity index (χ4v) is 3.55. The zero-order valence-corrected chi connectivity index (χ0v) is 15.5. The summed E-state index contributed by atoms with van der Waals surface area (Å²) in [5.74, 6) is 0.369. The highest BCUT2D eigenvalue weighted by molar-refractivity contribution is 6.22. The van der Waals surface area contributed by atoms with Gasteiger partial charge in [-0.3, -0.25) is 4.79 Å². The molecule has 0 spiro atoms. The summed E-state index contributed by atoms with van der Waals surface area (Å²) in [5, 5.41) is 5.30. The van der Waals surface area contributed by atoms with Crippen LogP contribution in [0.2, 0.25) is 0 Å². The number of aromatic amines is 1. The van der Waals surface area contributed by atoms with Crippen molar-refractivity contribution in [3.05, 3.63) is 76.5 Å². The average Bonchev–Trinajstić information content (AvgIpc) is 3.17. The summed E-state index contributed by atoms with van der Waals surface area (Å²) in [6, 6.07) is 14.0. The first-order valence-corrected chi connectivity index (χ1v) is 9.04. The summed E-state index contributed by atoms with van der Waals surface area (Å²) < 4.78 is 25.0. The van der Waals surface area contributed by atoms with Gasteiger partial charge in [-0.1, -0.05) is 12.1 Å². The van der Waals surface area contributed by atoms with E-state index in [1.54, 1.807) is 25.4 Å². The van der Waals surface area contributed by atoms with Crippen molar-refractivity contribution in [1.29, 1.82) is 0 Å². The summed E-state index contributed by atoms with van der Waals surface area (Å²) in [7, 11) is 1.62. The lowest BCUT2D eigenvalue weighted by Gasteiger charge is -2.04. The van der Waals surface area contributed by atoms with Gasteiger partial charge in [0.1, 0.15) is 17.1 Å². The fraction of sp³-hybridized carbons (Fsp3) is 0.0909. The molecule has 5 rings (SSSR count). The Morgan fingerprint density at radius 3 is 2.72 bits per heavy atom. The van der Waals surface area contributed by atoms with E-state index in [1.807, 2.05) is 24.3 Å². The molecule has 2 N–H and O–H groups in total. The molecule has 0 aliphatic rings. The van der Waals surface area contributed by atoms with Crippen LogP contribution in [0.5, 0.6) is 5.75 Å². The molecule has 5 aromatic rings. The second kappa shape index (κ2) is 6.63. The van der Waals surface area contributed by atoms with Gasteiger partial charge in [0.05, 0.1) is 12.5 Å². The number of nitrogens with zero attached hydrogens (tertiary/aromatic N) is 1. The summed E-state index contributed by atoms with van der Waals surface area (Å²) in [5.41, 5.74) is 1.79. The number of rotatable bonds is 4. The predicted octanol–water partition coefficient (Wildman–Crippen LogP) is 4.58. The van der Waals surface area contributed by atoms with Crippen LogP contribution in [0.3, 0.4) is 0 Å². The van der Waals surface area contributed by atoms with Crippen LogP contribution in [0.25, 0.3) is 32.6 Å². The number of ether oxygens (including phenoxy) is 1. The van der Waals surface area contributed by atoms with Crippen molar-refractivity contribution in [1.82, 2.24) is 9.97 Å². The largest absolute Gasteiger partial charge is 0.497 e. The normalized spacial score (nSPS) is 11.4.